The van der Waals surface area contributed by atoms with E-state index in [0.29, 0.717) is 21.6 Å². The molecule has 0 spiro atoms. The SMILES string of the molecule is Cc1cccc(-c2nc(C(=O)Nc3cccc(Cl)c3)nn2-c2ccc(C)c(Cl)c2)c1. The van der Waals surface area contributed by atoms with Crippen molar-refractivity contribution in [1.29, 1.82) is 0 Å². The number of carbonyl (C=O) groups is 1. The molecule has 0 saturated carbocycles. The number of hydrogen-bond acceptors (Lipinski definition) is 3. The second kappa shape index (κ2) is 8.30. The fraction of sp³-hybridized carbons (Fsp3) is 0.0870. The molecule has 1 amide bonds. The lowest BCUT2D eigenvalue weighted by molar-refractivity contribution is 0.101. The molecule has 0 fully saturated rings. The lowest BCUT2D eigenvalue weighted by Gasteiger charge is -2.08. The Kier molecular flexibility index (Phi) is 5.57. The minimum atomic E-state index is -0.428. The first kappa shape index (κ1) is 20.1. The van der Waals surface area contributed by atoms with Crippen LogP contribution in [-0.2, 0) is 0 Å². The first-order chi connectivity index (χ1) is 14.4. The highest BCUT2D eigenvalue weighted by Crippen LogP contribution is 2.25. The van der Waals surface area contributed by atoms with E-state index in [1.807, 2.05) is 56.3 Å². The molecule has 0 aliphatic carbocycles. The van der Waals surface area contributed by atoms with Crippen LogP contribution >= 0.6 is 23.2 Å². The Morgan fingerprint density at radius 1 is 0.967 bits per heavy atom. The van der Waals surface area contributed by atoms with Crippen LogP contribution in [0, 0.1) is 13.8 Å². The maximum atomic E-state index is 12.8. The number of benzene rings is 3. The highest BCUT2D eigenvalue weighted by atomic mass is 35.5. The van der Waals surface area contributed by atoms with Crippen LogP contribution in [0.1, 0.15) is 21.7 Å². The number of hydrogen-bond donors (Lipinski definition) is 1. The largest absolute Gasteiger partial charge is 0.319 e. The highest BCUT2D eigenvalue weighted by Gasteiger charge is 2.19. The molecule has 30 heavy (non-hydrogen) atoms. The summed E-state index contributed by atoms with van der Waals surface area (Å²) in [5.41, 5.74) is 4.17. The number of anilines is 1. The van der Waals surface area contributed by atoms with Gasteiger partial charge in [0.2, 0.25) is 5.82 Å². The molecule has 1 N–H and O–H groups in total. The fourth-order valence-electron chi connectivity index (χ4n) is 3.03. The lowest BCUT2D eigenvalue weighted by atomic mass is 10.1. The normalized spacial score (nSPS) is 10.8. The van der Waals surface area contributed by atoms with Crippen molar-refractivity contribution in [2.75, 3.05) is 5.32 Å². The van der Waals surface area contributed by atoms with Crippen LogP contribution in [-0.4, -0.2) is 20.7 Å². The molecule has 5 nitrogen and oxygen atoms in total. The summed E-state index contributed by atoms with van der Waals surface area (Å²) in [5, 5.41) is 8.41. The monoisotopic (exact) mass is 436 g/mol. The third-order valence-corrected chi connectivity index (χ3v) is 5.21. The van der Waals surface area contributed by atoms with Crippen molar-refractivity contribution < 1.29 is 4.79 Å². The summed E-state index contributed by atoms with van der Waals surface area (Å²) >= 11 is 12.3. The zero-order valence-corrected chi connectivity index (χ0v) is 17.9. The highest BCUT2D eigenvalue weighted by molar-refractivity contribution is 6.31. The minimum Gasteiger partial charge on any atom is -0.319 e. The van der Waals surface area contributed by atoms with Gasteiger partial charge in [0.25, 0.3) is 5.91 Å². The van der Waals surface area contributed by atoms with E-state index < -0.39 is 5.91 Å². The molecule has 0 unspecified atom stereocenters. The molecule has 1 heterocycles. The molecular weight excluding hydrogens is 419 g/mol. The zero-order valence-electron chi connectivity index (χ0n) is 16.4. The molecule has 0 atom stereocenters. The Bertz CT molecular complexity index is 1250. The summed E-state index contributed by atoms with van der Waals surface area (Å²) in [6.45, 7) is 3.93. The average molecular weight is 437 g/mol. The van der Waals surface area contributed by atoms with Crippen molar-refractivity contribution in [3.8, 4) is 17.1 Å². The third kappa shape index (κ3) is 4.22. The Labute approximate surface area is 184 Å². The summed E-state index contributed by atoms with van der Waals surface area (Å²) in [6, 6.07) is 20.4. The first-order valence-electron chi connectivity index (χ1n) is 9.28. The summed E-state index contributed by atoms with van der Waals surface area (Å²) in [4.78, 5) is 17.4. The molecule has 7 heteroatoms. The van der Waals surface area contributed by atoms with Crippen molar-refractivity contribution in [3.63, 3.8) is 0 Å². The van der Waals surface area contributed by atoms with E-state index in [9.17, 15) is 4.79 Å². The summed E-state index contributed by atoms with van der Waals surface area (Å²) < 4.78 is 1.63. The quantitative estimate of drug-likeness (QED) is 0.419. The van der Waals surface area contributed by atoms with Gasteiger partial charge in [-0.25, -0.2) is 9.67 Å². The topological polar surface area (TPSA) is 59.8 Å². The number of aromatic nitrogens is 3. The van der Waals surface area contributed by atoms with Crippen LogP contribution in [0.3, 0.4) is 0 Å². The third-order valence-electron chi connectivity index (χ3n) is 4.57. The molecule has 150 valence electrons. The van der Waals surface area contributed by atoms with Gasteiger partial charge in [-0.3, -0.25) is 4.79 Å². The second-order valence-corrected chi connectivity index (χ2v) is 7.78. The number of aryl methyl sites for hydroxylation is 2. The average Bonchev–Trinajstić information content (AvgIpc) is 3.16. The number of halogens is 2. The summed E-state index contributed by atoms with van der Waals surface area (Å²) in [5.74, 6) is 0.168. The van der Waals surface area contributed by atoms with Crippen molar-refractivity contribution in [3.05, 3.63) is 93.7 Å². The van der Waals surface area contributed by atoms with E-state index in [1.165, 1.54) is 0 Å². The predicted molar refractivity (Wildman–Crippen MR) is 121 cm³/mol. The number of nitrogens with zero attached hydrogens (tertiary/aromatic N) is 3. The van der Waals surface area contributed by atoms with Gasteiger partial charge in [0, 0.05) is 21.3 Å². The van der Waals surface area contributed by atoms with Gasteiger partial charge in [0.15, 0.2) is 5.82 Å². The molecule has 3 aromatic carbocycles. The second-order valence-electron chi connectivity index (χ2n) is 6.94. The van der Waals surface area contributed by atoms with Crippen LogP contribution in [0.15, 0.2) is 66.7 Å². The van der Waals surface area contributed by atoms with E-state index in [2.05, 4.69) is 15.4 Å². The van der Waals surface area contributed by atoms with Gasteiger partial charge in [0.05, 0.1) is 5.69 Å². The fourth-order valence-corrected chi connectivity index (χ4v) is 3.39. The van der Waals surface area contributed by atoms with Crippen molar-refractivity contribution in [2.24, 2.45) is 0 Å². The van der Waals surface area contributed by atoms with Crippen molar-refractivity contribution in [1.82, 2.24) is 14.8 Å². The van der Waals surface area contributed by atoms with Crippen LogP contribution < -0.4 is 5.32 Å². The van der Waals surface area contributed by atoms with Crippen molar-refractivity contribution >= 4 is 34.8 Å². The van der Waals surface area contributed by atoms with E-state index in [1.54, 1.807) is 28.9 Å². The predicted octanol–water partition coefficient (Wildman–Crippen LogP) is 6.11. The molecule has 1 aromatic heterocycles. The smallest absolute Gasteiger partial charge is 0.295 e. The molecular formula is C23H18Cl2N4O. The van der Waals surface area contributed by atoms with Gasteiger partial charge in [-0.15, -0.1) is 5.10 Å². The van der Waals surface area contributed by atoms with Gasteiger partial charge in [0.1, 0.15) is 0 Å². The van der Waals surface area contributed by atoms with Gasteiger partial charge in [-0.1, -0.05) is 59.1 Å². The molecule has 0 aliphatic heterocycles. The molecule has 0 bridgehead atoms. The Hall–Kier alpha value is -3.15. The number of nitrogens with one attached hydrogen (secondary N) is 1. The van der Waals surface area contributed by atoms with Gasteiger partial charge in [-0.05, 0) is 55.8 Å². The lowest BCUT2D eigenvalue weighted by Crippen LogP contribution is -2.14. The van der Waals surface area contributed by atoms with E-state index in [-0.39, 0.29) is 5.82 Å². The van der Waals surface area contributed by atoms with Crippen molar-refractivity contribution in [2.45, 2.75) is 13.8 Å². The van der Waals surface area contributed by atoms with E-state index >= 15 is 0 Å². The molecule has 0 aliphatic rings. The van der Waals surface area contributed by atoms with E-state index in [4.69, 9.17) is 23.2 Å². The number of rotatable bonds is 4. The summed E-state index contributed by atoms with van der Waals surface area (Å²) in [7, 11) is 0. The van der Waals surface area contributed by atoms with Gasteiger partial charge in [-0.2, -0.15) is 0 Å². The standard InChI is InChI=1S/C23H18Cl2N4O/c1-14-5-3-6-16(11-14)22-27-21(23(30)26-18-8-4-7-17(24)12-18)28-29(22)19-10-9-15(2)20(25)13-19/h3-13H,1-2H3,(H,26,30). The zero-order chi connectivity index (χ0) is 21.3. The first-order valence-corrected chi connectivity index (χ1v) is 10.0. The Morgan fingerprint density at radius 3 is 2.50 bits per heavy atom. The van der Waals surface area contributed by atoms with Crippen LogP contribution in [0.2, 0.25) is 10.0 Å². The molecule has 0 saturated heterocycles. The van der Waals surface area contributed by atoms with Crippen LogP contribution in [0.4, 0.5) is 5.69 Å². The summed E-state index contributed by atoms with van der Waals surface area (Å²) in [6.07, 6.45) is 0. The van der Waals surface area contributed by atoms with Crippen LogP contribution in [0.25, 0.3) is 17.1 Å². The minimum absolute atomic E-state index is 0.0446. The Balaban J connectivity index is 1.79. The maximum absolute atomic E-state index is 12.8. The van der Waals surface area contributed by atoms with E-state index in [0.717, 1.165) is 22.4 Å². The Morgan fingerprint density at radius 2 is 1.77 bits per heavy atom. The van der Waals surface area contributed by atoms with Gasteiger partial charge >= 0.3 is 0 Å². The molecule has 4 rings (SSSR count). The van der Waals surface area contributed by atoms with Gasteiger partial charge < -0.3 is 5.32 Å². The maximum Gasteiger partial charge on any atom is 0.295 e. The molecule has 4 aromatic rings. The number of amides is 1. The number of carbonyl (C=O) groups excluding carboxylic acids is 1. The molecule has 0 radical (unpaired) electrons. The van der Waals surface area contributed by atoms with Crippen LogP contribution in [0.5, 0.6) is 0 Å².